The molecule has 2 N–H and O–H groups in total. The molecule has 0 spiro atoms. The van der Waals surface area contributed by atoms with Crippen LogP contribution in [-0.2, 0) is 6.42 Å². The number of benzene rings is 1. The number of H-pyrrole nitrogens is 1. The molecule has 0 unspecified atom stereocenters. The van der Waals surface area contributed by atoms with E-state index in [0.29, 0.717) is 0 Å². The SMILES string of the molecule is COc1ccc(-c2cn[nH]c2CC2CCNCC2)cc1. The highest BCUT2D eigenvalue weighted by Crippen LogP contribution is 2.27. The lowest BCUT2D eigenvalue weighted by Crippen LogP contribution is -2.28. The van der Waals surface area contributed by atoms with Crippen molar-refractivity contribution in [2.45, 2.75) is 19.3 Å². The summed E-state index contributed by atoms with van der Waals surface area (Å²) in [6.45, 7) is 2.27. The van der Waals surface area contributed by atoms with Crippen molar-refractivity contribution in [1.29, 1.82) is 0 Å². The van der Waals surface area contributed by atoms with E-state index >= 15 is 0 Å². The first-order valence-corrected chi connectivity index (χ1v) is 7.24. The van der Waals surface area contributed by atoms with Crippen molar-refractivity contribution in [3.63, 3.8) is 0 Å². The van der Waals surface area contributed by atoms with Gasteiger partial charge in [-0.3, -0.25) is 5.10 Å². The zero-order valence-electron chi connectivity index (χ0n) is 11.9. The number of aromatic nitrogens is 2. The fraction of sp³-hybridized carbons (Fsp3) is 0.438. The maximum absolute atomic E-state index is 5.21. The van der Waals surface area contributed by atoms with Gasteiger partial charge in [-0.25, -0.2) is 0 Å². The number of ether oxygens (including phenoxy) is 1. The van der Waals surface area contributed by atoms with Crippen molar-refractivity contribution in [1.82, 2.24) is 15.5 Å². The summed E-state index contributed by atoms with van der Waals surface area (Å²) in [5.74, 6) is 1.64. The molecule has 1 aliphatic rings. The van der Waals surface area contributed by atoms with Crippen LogP contribution in [0, 0.1) is 5.92 Å². The van der Waals surface area contributed by atoms with Crippen LogP contribution < -0.4 is 10.1 Å². The molecule has 1 aliphatic heterocycles. The Balaban J connectivity index is 1.77. The van der Waals surface area contributed by atoms with Gasteiger partial charge < -0.3 is 10.1 Å². The molecule has 2 heterocycles. The van der Waals surface area contributed by atoms with Gasteiger partial charge in [0.25, 0.3) is 0 Å². The first-order chi connectivity index (χ1) is 9.86. The van der Waals surface area contributed by atoms with Gasteiger partial charge in [0.1, 0.15) is 5.75 Å². The summed E-state index contributed by atoms with van der Waals surface area (Å²) < 4.78 is 5.21. The Morgan fingerprint density at radius 2 is 1.95 bits per heavy atom. The molecule has 0 amide bonds. The number of piperidine rings is 1. The van der Waals surface area contributed by atoms with Gasteiger partial charge in [0.2, 0.25) is 0 Å². The molecule has 2 aromatic rings. The molecule has 4 nitrogen and oxygen atoms in total. The second-order valence-corrected chi connectivity index (χ2v) is 5.39. The Morgan fingerprint density at radius 1 is 1.20 bits per heavy atom. The lowest BCUT2D eigenvalue weighted by molar-refractivity contribution is 0.370. The summed E-state index contributed by atoms with van der Waals surface area (Å²) in [5.41, 5.74) is 3.66. The van der Waals surface area contributed by atoms with Crippen LogP contribution in [0.3, 0.4) is 0 Å². The summed E-state index contributed by atoms with van der Waals surface area (Å²) in [7, 11) is 1.69. The maximum atomic E-state index is 5.21. The van der Waals surface area contributed by atoms with E-state index in [-0.39, 0.29) is 0 Å². The third kappa shape index (κ3) is 2.85. The monoisotopic (exact) mass is 271 g/mol. The minimum atomic E-state index is 0.758. The van der Waals surface area contributed by atoms with Crippen molar-refractivity contribution < 1.29 is 4.74 Å². The van der Waals surface area contributed by atoms with Crippen molar-refractivity contribution in [2.24, 2.45) is 5.92 Å². The molecule has 1 aromatic heterocycles. The van der Waals surface area contributed by atoms with E-state index in [1.54, 1.807) is 7.11 Å². The van der Waals surface area contributed by atoms with E-state index in [1.807, 2.05) is 18.3 Å². The van der Waals surface area contributed by atoms with Crippen LogP contribution in [0.25, 0.3) is 11.1 Å². The minimum Gasteiger partial charge on any atom is -0.497 e. The highest BCUT2D eigenvalue weighted by Gasteiger charge is 2.17. The summed E-state index contributed by atoms with van der Waals surface area (Å²) >= 11 is 0. The number of nitrogens with zero attached hydrogens (tertiary/aromatic N) is 1. The maximum Gasteiger partial charge on any atom is 0.118 e. The number of hydrogen-bond donors (Lipinski definition) is 2. The number of hydrogen-bond acceptors (Lipinski definition) is 3. The zero-order chi connectivity index (χ0) is 13.8. The normalized spacial score (nSPS) is 16.2. The van der Waals surface area contributed by atoms with Crippen molar-refractivity contribution in [3.8, 4) is 16.9 Å². The summed E-state index contributed by atoms with van der Waals surface area (Å²) in [5, 5.41) is 10.8. The zero-order valence-corrected chi connectivity index (χ0v) is 11.9. The Kier molecular flexibility index (Phi) is 4.02. The van der Waals surface area contributed by atoms with E-state index in [1.165, 1.54) is 29.7 Å². The van der Waals surface area contributed by atoms with Crippen LogP contribution in [-0.4, -0.2) is 30.4 Å². The largest absolute Gasteiger partial charge is 0.497 e. The van der Waals surface area contributed by atoms with Crippen molar-refractivity contribution in [3.05, 3.63) is 36.2 Å². The van der Waals surface area contributed by atoms with E-state index in [4.69, 9.17) is 4.74 Å². The molecule has 0 atom stereocenters. The molecule has 0 radical (unpaired) electrons. The predicted octanol–water partition coefficient (Wildman–Crippen LogP) is 2.63. The van der Waals surface area contributed by atoms with E-state index in [0.717, 1.165) is 31.2 Å². The lowest BCUT2D eigenvalue weighted by atomic mass is 9.91. The number of rotatable bonds is 4. The fourth-order valence-corrected chi connectivity index (χ4v) is 2.86. The van der Waals surface area contributed by atoms with Crippen LogP contribution in [0.1, 0.15) is 18.5 Å². The van der Waals surface area contributed by atoms with Crippen LogP contribution in [0.2, 0.25) is 0 Å². The van der Waals surface area contributed by atoms with Gasteiger partial charge in [-0.2, -0.15) is 5.10 Å². The first kappa shape index (κ1) is 13.2. The molecule has 1 aromatic carbocycles. The third-order valence-electron chi connectivity index (χ3n) is 4.07. The van der Waals surface area contributed by atoms with Gasteiger partial charge in [0.05, 0.1) is 13.3 Å². The summed E-state index contributed by atoms with van der Waals surface area (Å²) in [6, 6.07) is 8.18. The van der Waals surface area contributed by atoms with Gasteiger partial charge in [0, 0.05) is 11.3 Å². The van der Waals surface area contributed by atoms with Gasteiger partial charge in [-0.1, -0.05) is 12.1 Å². The lowest BCUT2D eigenvalue weighted by Gasteiger charge is -2.22. The standard InChI is InChI=1S/C16H21N3O/c1-20-14-4-2-13(3-5-14)15-11-18-19-16(15)10-12-6-8-17-9-7-12/h2-5,11-12,17H,6-10H2,1H3,(H,18,19). The van der Waals surface area contributed by atoms with Crippen LogP contribution in [0.15, 0.2) is 30.5 Å². The Labute approximate surface area is 119 Å². The second kappa shape index (κ2) is 6.09. The molecule has 3 rings (SSSR count). The smallest absolute Gasteiger partial charge is 0.118 e. The molecule has 0 aliphatic carbocycles. The van der Waals surface area contributed by atoms with Gasteiger partial charge in [-0.15, -0.1) is 0 Å². The topological polar surface area (TPSA) is 49.9 Å². The number of aromatic amines is 1. The molecule has 1 saturated heterocycles. The summed E-state index contributed by atoms with van der Waals surface area (Å²) in [6.07, 6.45) is 5.52. The molecule has 106 valence electrons. The van der Waals surface area contributed by atoms with Gasteiger partial charge >= 0.3 is 0 Å². The van der Waals surface area contributed by atoms with Crippen molar-refractivity contribution >= 4 is 0 Å². The number of nitrogens with one attached hydrogen (secondary N) is 2. The highest BCUT2D eigenvalue weighted by molar-refractivity contribution is 5.65. The Morgan fingerprint density at radius 3 is 2.65 bits per heavy atom. The van der Waals surface area contributed by atoms with E-state index < -0.39 is 0 Å². The quantitative estimate of drug-likeness (QED) is 0.898. The van der Waals surface area contributed by atoms with Crippen LogP contribution >= 0.6 is 0 Å². The van der Waals surface area contributed by atoms with Gasteiger partial charge in [0.15, 0.2) is 0 Å². The van der Waals surface area contributed by atoms with E-state index in [9.17, 15) is 0 Å². The molecule has 4 heteroatoms. The second-order valence-electron chi connectivity index (χ2n) is 5.39. The molecule has 1 fully saturated rings. The molecule has 0 bridgehead atoms. The molecule has 0 saturated carbocycles. The van der Waals surface area contributed by atoms with Crippen LogP contribution in [0.4, 0.5) is 0 Å². The highest BCUT2D eigenvalue weighted by atomic mass is 16.5. The first-order valence-electron chi connectivity index (χ1n) is 7.24. The third-order valence-corrected chi connectivity index (χ3v) is 4.07. The number of methoxy groups -OCH3 is 1. The summed E-state index contributed by atoms with van der Waals surface area (Å²) in [4.78, 5) is 0. The van der Waals surface area contributed by atoms with E-state index in [2.05, 4.69) is 27.6 Å². The Bertz CT molecular complexity index is 541. The molecular formula is C16H21N3O. The molecular weight excluding hydrogens is 250 g/mol. The average Bonchev–Trinajstić information content (AvgIpc) is 2.96. The van der Waals surface area contributed by atoms with Crippen molar-refractivity contribution in [2.75, 3.05) is 20.2 Å². The molecule has 20 heavy (non-hydrogen) atoms. The Hall–Kier alpha value is -1.81. The average molecular weight is 271 g/mol. The van der Waals surface area contributed by atoms with Gasteiger partial charge in [-0.05, 0) is 56.0 Å². The van der Waals surface area contributed by atoms with Crippen LogP contribution in [0.5, 0.6) is 5.75 Å². The predicted molar refractivity (Wildman–Crippen MR) is 79.9 cm³/mol. The minimum absolute atomic E-state index is 0.758. The fourth-order valence-electron chi connectivity index (χ4n) is 2.86.